The Balaban J connectivity index is 1.72. The van der Waals surface area contributed by atoms with Gasteiger partial charge in [-0.05, 0) is 69.7 Å². The summed E-state index contributed by atoms with van der Waals surface area (Å²) >= 11 is 0. The third kappa shape index (κ3) is 4.21. The Hall–Kier alpha value is -2.83. The van der Waals surface area contributed by atoms with Gasteiger partial charge in [-0.3, -0.25) is 4.90 Å². The molecule has 1 fully saturated rings. The molecule has 180 valence electrons. The van der Waals surface area contributed by atoms with Gasteiger partial charge in [0.15, 0.2) is 6.23 Å². The Morgan fingerprint density at radius 3 is 2.56 bits per heavy atom. The van der Waals surface area contributed by atoms with Crippen molar-refractivity contribution >= 4 is 16.9 Å². The second-order valence-corrected chi connectivity index (χ2v) is 10.1. The highest BCUT2D eigenvalue weighted by atomic mass is 16.5. The minimum absolute atomic E-state index is 0.148. The van der Waals surface area contributed by atoms with Crippen LogP contribution in [0.2, 0.25) is 0 Å². The van der Waals surface area contributed by atoms with Crippen LogP contribution in [0.5, 0.6) is 5.75 Å². The summed E-state index contributed by atoms with van der Waals surface area (Å²) in [4.78, 5) is 16.3. The summed E-state index contributed by atoms with van der Waals surface area (Å²) in [6.45, 7) is 2.47. The Kier molecular flexibility index (Phi) is 6.36. The average molecular weight is 462 g/mol. The molecule has 0 bridgehead atoms. The molecule has 1 aliphatic carbocycles. The second kappa shape index (κ2) is 9.43. The van der Waals surface area contributed by atoms with E-state index >= 15 is 0 Å². The number of benzene rings is 2. The smallest absolute Gasteiger partial charge is 0.335 e. The molecule has 6 heteroatoms. The number of aromatic nitrogens is 1. The molecule has 0 saturated heterocycles. The number of hydrogen-bond donors (Lipinski definition) is 1. The number of carboxylic acids is 1. The number of rotatable bonds is 6. The highest BCUT2D eigenvalue weighted by Gasteiger charge is 2.32. The zero-order valence-electron chi connectivity index (χ0n) is 20.5. The van der Waals surface area contributed by atoms with Gasteiger partial charge in [-0.25, -0.2) is 4.79 Å². The lowest BCUT2D eigenvalue weighted by molar-refractivity contribution is 0.0314. The van der Waals surface area contributed by atoms with Gasteiger partial charge >= 0.3 is 5.97 Å². The van der Waals surface area contributed by atoms with E-state index < -0.39 is 5.97 Å². The normalized spacial score (nSPS) is 18.6. The molecule has 2 aliphatic rings. The first-order chi connectivity index (χ1) is 16.4. The number of hydrogen-bond acceptors (Lipinski definition) is 4. The average Bonchev–Trinajstić information content (AvgIpc) is 3.05. The van der Waals surface area contributed by atoms with Crippen molar-refractivity contribution in [3.05, 3.63) is 53.6 Å². The minimum atomic E-state index is -0.887. The van der Waals surface area contributed by atoms with Gasteiger partial charge in [0.25, 0.3) is 0 Å². The number of carbonyl (C=O) groups is 1. The van der Waals surface area contributed by atoms with Crippen molar-refractivity contribution in [1.82, 2.24) is 14.4 Å². The quantitative estimate of drug-likeness (QED) is 0.542. The Bertz CT molecular complexity index is 1190. The van der Waals surface area contributed by atoms with Crippen LogP contribution in [0.25, 0.3) is 22.2 Å². The SMILES string of the molecule is CN(C)CCN(C)[C@@H]1Cn2c(c(C3CCCCC3)c3ccc(C(=O)O)cc32)-c2ccccc2O1. The van der Waals surface area contributed by atoms with Crippen LogP contribution >= 0.6 is 0 Å². The van der Waals surface area contributed by atoms with Crippen LogP contribution in [-0.2, 0) is 6.54 Å². The monoisotopic (exact) mass is 461 g/mol. The van der Waals surface area contributed by atoms with Crippen LogP contribution in [0.3, 0.4) is 0 Å². The summed E-state index contributed by atoms with van der Waals surface area (Å²) in [5, 5.41) is 10.9. The van der Waals surface area contributed by atoms with Gasteiger partial charge < -0.3 is 19.3 Å². The topological polar surface area (TPSA) is 57.9 Å². The molecular weight excluding hydrogens is 426 g/mol. The van der Waals surface area contributed by atoms with Gasteiger partial charge in [0.1, 0.15) is 5.75 Å². The van der Waals surface area contributed by atoms with Crippen LogP contribution in [0.15, 0.2) is 42.5 Å². The minimum Gasteiger partial charge on any atom is -0.478 e. The van der Waals surface area contributed by atoms with E-state index in [9.17, 15) is 9.90 Å². The Morgan fingerprint density at radius 2 is 1.82 bits per heavy atom. The van der Waals surface area contributed by atoms with Gasteiger partial charge in [0.2, 0.25) is 0 Å². The van der Waals surface area contributed by atoms with E-state index in [-0.39, 0.29) is 6.23 Å². The van der Waals surface area contributed by atoms with Gasteiger partial charge in [0, 0.05) is 29.6 Å². The van der Waals surface area contributed by atoms with Crippen molar-refractivity contribution in [3.8, 4) is 17.0 Å². The summed E-state index contributed by atoms with van der Waals surface area (Å²) in [7, 11) is 6.27. The zero-order valence-corrected chi connectivity index (χ0v) is 20.5. The first-order valence-corrected chi connectivity index (χ1v) is 12.4. The number of ether oxygens (including phenoxy) is 1. The van der Waals surface area contributed by atoms with E-state index in [1.807, 2.05) is 18.2 Å². The number of nitrogens with zero attached hydrogens (tertiary/aromatic N) is 3. The number of para-hydroxylation sites is 1. The maximum atomic E-state index is 11.9. The molecular formula is C28H35N3O3. The third-order valence-corrected chi connectivity index (χ3v) is 7.50. The molecule has 6 nitrogen and oxygen atoms in total. The Labute approximate surface area is 201 Å². The van der Waals surface area contributed by atoms with Crippen LogP contribution in [0, 0.1) is 0 Å². The standard InChI is InChI=1S/C28H35N3O3/c1-29(2)15-16-30(3)25-18-31-23-17-20(28(32)33)13-14-21(23)26(19-9-5-4-6-10-19)27(31)22-11-7-8-12-24(22)34-25/h7-8,11-14,17,19,25H,4-6,9-10,15-16,18H2,1-3H3,(H,32,33)/t25-/m0/s1. The lowest BCUT2D eigenvalue weighted by Gasteiger charge is -2.29. The zero-order chi connectivity index (χ0) is 23.8. The molecule has 0 spiro atoms. The van der Waals surface area contributed by atoms with Crippen LogP contribution in [0.1, 0.15) is 53.9 Å². The maximum absolute atomic E-state index is 11.9. The van der Waals surface area contributed by atoms with E-state index in [2.05, 4.69) is 53.7 Å². The van der Waals surface area contributed by atoms with E-state index in [0.717, 1.165) is 29.9 Å². The Morgan fingerprint density at radius 1 is 1.06 bits per heavy atom. The number of carboxylic acid groups (broad SMARTS) is 1. The van der Waals surface area contributed by atoms with Crippen molar-refractivity contribution in [3.63, 3.8) is 0 Å². The molecule has 2 aromatic carbocycles. The molecule has 0 unspecified atom stereocenters. The number of aromatic carboxylic acids is 1. The third-order valence-electron chi connectivity index (χ3n) is 7.50. The fourth-order valence-corrected chi connectivity index (χ4v) is 5.63. The number of likely N-dealkylation sites (N-methyl/N-ethyl adjacent to an activating group) is 2. The summed E-state index contributed by atoms with van der Waals surface area (Å²) in [6, 6.07) is 14.0. The highest BCUT2D eigenvalue weighted by molar-refractivity contribution is 5.98. The summed E-state index contributed by atoms with van der Waals surface area (Å²) in [5.74, 6) is 0.502. The lowest BCUT2D eigenvalue weighted by atomic mass is 9.81. The lowest BCUT2D eigenvalue weighted by Crippen LogP contribution is -2.42. The predicted molar refractivity (Wildman–Crippen MR) is 136 cm³/mol. The molecule has 1 saturated carbocycles. The molecule has 3 aromatic rings. The molecule has 0 amide bonds. The van der Waals surface area contributed by atoms with Crippen LogP contribution in [0.4, 0.5) is 0 Å². The molecule has 1 N–H and O–H groups in total. The molecule has 2 heterocycles. The van der Waals surface area contributed by atoms with Crippen molar-refractivity contribution in [2.24, 2.45) is 0 Å². The highest BCUT2D eigenvalue weighted by Crippen LogP contribution is 2.47. The van der Waals surface area contributed by atoms with E-state index in [0.29, 0.717) is 18.0 Å². The maximum Gasteiger partial charge on any atom is 0.335 e. The number of fused-ring (bicyclic) bond motifs is 5. The van der Waals surface area contributed by atoms with E-state index in [1.54, 1.807) is 6.07 Å². The van der Waals surface area contributed by atoms with E-state index in [4.69, 9.17) is 4.74 Å². The van der Waals surface area contributed by atoms with Gasteiger partial charge in [-0.2, -0.15) is 0 Å². The molecule has 0 radical (unpaired) electrons. The van der Waals surface area contributed by atoms with Gasteiger partial charge in [-0.15, -0.1) is 0 Å². The predicted octanol–water partition coefficient (Wildman–Crippen LogP) is 5.27. The first-order valence-electron chi connectivity index (χ1n) is 12.4. The molecule has 1 aromatic heterocycles. The van der Waals surface area contributed by atoms with Crippen molar-refractivity contribution in [2.75, 3.05) is 34.2 Å². The van der Waals surface area contributed by atoms with Crippen LogP contribution in [-0.4, -0.2) is 65.9 Å². The molecule has 5 rings (SSSR count). The van der Waals surface area contributed by atoms with Crippen molar-refractivity contribution < 1.29 is 14.6 Å². The summed E-state index contributed by atoms with van der Waals surface area (Å²) < 4.78 is 8.97. The largest absolute Gasteiger partial charge is 0.478 e. The van der Waals surface area contributed by atoms with Gasteiger partial charge in [0.05, 0.1) is 17.8 Å². The summed E-state index contributed by atoms with van der Waals surface area (Å²) in [5.41, 5.74) is 5.03. The fraction of sp³-hybridized carbons (Fsp3) is 0.464. The molecule has 1 aliphatic heterocycles. The van der Waals surface area contributed by atoms with Crippen molar-refractivity contribution in [2.45, 2.75) is 50.8 Å². The van der Waals surface area contributed by atoms with Crippen LogP contribution < -0.4 is 4.74 Å². The van der Waals surface area contributed by atoms with E-state index in [1.165, 1.54) is 48.7 Å². The summed E-state index contributed by atoms with van der Waals surface area (Å²) in [6.07, 6.45) is 6.01. The van der Waals surface area contributed by atoms with Crippen molar-refractivity contribution in [1.29, 1.82) is 0 Å². The fourth-order valence-electron chi connectivity index (χ4n) is 5.63. The first kappa shape index (κ1) is 22.9. The molecule has 34 heavy (non-hydrogen) atoms. The molecule has 1 atom stereocenters. The van der Waals surface area contributed by atoms with Gasteiger partial charge in [-0.1, -0.05) is 37.5 Å². The second-order valence-electron chi connectivity index (χ2n) is 10.1.